The van der Waals surface area contributed by atoms with E-state index in [1.165, 1.54) is 41.5 Å². The molecule has 0 saturated heterocycles. The maximum Gasteiger partial charge on any atom is 0.229 e. The van der Waals surface area contributed by atoms with Gasteiger partial charge in [-0.3, -0.25) is 19.2 Å². The number of hydrogen-bond donors (Lipinski definition) is 0. The average Bonchev–Trinajstić information content (AvgIpc) is 3.56. The first-order valence-corrected chi connectivity index (χ1v) is 20.5. The molecule has 51 heavy (non-hydrogen) atoms. The van der Waals surface area contributed by atoms with Crippen LogP contribution in [0.25, 0.3) is 0 Å². The number of hydrogen-bond acceptors (Lipinski definition) is 4. The van der Waals surface area contributed by atoms with Crippen LogP contribution in [-0.4, -0.2) is 0 Å². The molecular weight excluding hydrogens is 629 g/mol. The molecule has 3 aromatic carbocycles. The number of aryl methyl sites for hydroxylation is 1. The summed E-state index contributed by atoms with van der Waals surface area (Å²) in [6.07, 6.45) is 16.7. The standard InChI is InChI=1S/C20H24O2.C19H24O2.4C2H6/c1-12(2)9-14-7-8-15-5-4-6-16(18(15)10-14)11-17-13(3)19(21)20(17)22;1-11(2)8-13-4-5-14-6-7-15(17(14)9-13)10-16-12(3)18(20)19(16)21;4*1-2/h7-8,10,12,16H,4-6,9,11H2,1-3H3;4-5,9,11,14-15,17H,6-8,10H2,1-3H3;4*1-2H3. The van der Waals surface area contributed by atoms with Gasteiger partial charge in [0.05, 0.1) is 0 Å². The predicted molar refractivity (Wildman–Crippen MR) is 222 cm³/mol. The SMILES string of the molecule is CC.CC.CC.CC.Cc1c(CC2CCC3C=CC(CC(C)C)=CC32)c(=O)c1=O.Cc1c(CC2CCCc3ccc(CC(C)C)cc32)c(=O)c1=O. The highest BCUT2D eigenvalue weighted by Gasteiger charge is 2.36. The van der Waals surface area contributed by atoms with Crippen LogP contribution in [0.1, 0.15) is 160 Å². The van der Waals surface area contributed by atoms with Crippen LogP contribution >= 0.6 is 0 Å². The van der Waals surface area contributed by atoms with Crippen molar-refractivity contribution < 1.29 is 0 Å². The maximum atomic E-state index is 11.8. The third kappa shape index (κ3) is 11.7. The summed E-state index contributed by atoms with van der Waals surface area (Å²) in [5.41, 5.74) is 7.64. The average molecular weight is 701 g/mol. The Morgan fingerprint density at radius 1 is 0.667 bits per heavy atom. The fraction of sp³-hybridized carbons (Fsp3) is 0.617. The molecule has 0 amide bonds. The van der Waals surface area contributed by atoms with Gasteiger partial charge in [0, 0.05) is 22.3 Å². The lowest BCUT2D eigenvalue weighted by molar-refractivity contribution is 0.410. The zero-order valence-electron chi connectivity index (χ0n) is 34.9. The Hall–Kier alpha value is -3.14. The van der Waals surface area contributed by atoms with Gasteiger partial charge >= 0.3 is 0 Å². The van der Waals surface area contributed by atoms with Crippen LogP contribution in [0.3, 0.4) is 0 Å². The van der Waals surface area contributed by atoms with E-state index in [1.807, 2.05) is 55.4 Å². The van der Waals surface area contributed by atoms with Gasteiger partial charge < -0.3 is 0 Å². The molecule has 3 aromatic rings. The van der Waals surface area contributed by atoms with Crippen LogP contribution in [0.2, 0.25) is 0 Å². The van der Waals surface area contributed by atoms with E-state index in [-0.39, 0.29) is 21.7 Å². The third-order valence-electron chi connectivity index (χ3n) is 10.3. The molecule has 0 aliphatic heterocycles. The minimum Gasteiger partial charge on any atom is -0.285 e. The number of rotatable bonds is 8. The summed E-state index contributed by atoms with van der Waals surface area (Å²) in [6, 6.07) is 6.87. The quantitative estimate of drug-likeness (QED) is 0.219. The Bertz CT molecular complexity index is 1680. The zero-order chi connectivity index (χ0) is 39.0. The van der Waals surface area contributed by atoms with Crippen molar-refractivity contribution in [3.05, 3.63) is 122 Å². The molecule has 3 aliphatic rings. The molecule has 0 radical (unpaired) electrons. The van der Waals surface area contributed by atoms with E-state index in [9.17, 15) is 19.2 Å². The van der Waals surface area contributed by atoms with Gasteiger partial charge in [0.2, 0.25) is 21.7 Å². The Labute approximate surface area is 311 Å². The maximum absolute atomic E-state index is 11.8. The van der Waals surface area contributed by atoms with Crippen LogP contribution in [0.4, 0.5) is 0 Å². The molecule has 0 spiro atoms. The largest absolute Gasteiger partial charge is 0.285 e. The fourth-order valence-corrected chi connectivity index (χ4v) is 7.88. The van der Waals surface area contributed by atoms with Crippen molar-refractivity contribution in [1.82, 2.24) is 0 Å². The topological polar surface area (TPSA) is 68.3 Å². The minimum atomic E-state index is -0.278. The first-order chi connectivity index (χ1) is 24.4. The second kappa shape index (κ2) is 22.7. The smallest absolute Gasteiger partial charge is 0.229 e. The van der Waals surface area contributed by atoms with E-state index in [0.29, 0.717) is 46.6 Å². The second-order valence-electron chi connectivity index (χ2n) is 14.4. The van der Waals surface area contributed by atoms with Gasteiger partial charge in [-0.25, -0.2) is 0 Å². The van der Waals surface area contributed by atoms with Crippen molar-refractivity contribution in [2.45, 2.75) is 161 Å². The molecule has 4 heteroatoms. The minimum absolute atomic E-state index is 0.228. The summed E-state index contributed by atoms with van der Waals surface area (Å²) >= 11 is 0. The molecule has 6 rings (SSSR count). The molecule has 284 valence electrons. The zero-order valence-corrected chi connectivity index (χ0v) is 34.9. The van der Waals surface area contributed by atoms with Crippen molar-refractivity contribution in [2.75, 3.05) is 0 Å². The fourth-order valence-electron chi connectivity index (χ4n) is 7.88. The Morgan fingerprint density at radius 2 is 1.22 bits per heavy atom. The second-order valence-corrected chi connectivity index (χ2v) is 14.4. The molecular formula is C47H72O4. The lowest BCUT2D eigenvalue weighted by Crippen LogP contribution is -2.39. The van der Waals surface area contributed by atoms with Crippen molar-refractivity contribution in [2.24, 2.45) is 29.6 Å². The summed E-state index contributed by atoms with van der Waals surface area (Å²) < 4.78 is 0. The molecule has 1 fully saturated rings. The lowest BCUT2D eigenvalue weighted by Gasteiger charge is -2.27. The van der Waals surface area contributed by atoms with E-state index in [1.54, 1.807) is 13.8 Å². The van der Waals surface area contributed by atoms with Gasteiger partial charge in [0.25, 0.3) is 0 Å². The summed E-state index contributed by atoms with van der Waals surface area (Å²) in [7, 11) is 0. The number of benzene rings is 1. The predicted octanol–water partition coefficient (Wildman–Crippen LogP) is 10.9. The van der Waals surface area contributed by atoms with Gasteiger partial charge in [-0.05, 0) is 124 Å². The van der Waals surface area contributed by atoms with Gasteiger partial charge in [-0.2, -0.15) is 0 Å². The number of allylic oxidation sites excluding steroid dienone is 4. The van der Waals surface area contributed by atoms with E-state index < -0.39 is 0 Å². The Balaban J connectivity index is 0.000000427. The van der Waals surface area contributed by atoms with Gasteiger partial charge in [0.15, 0.2) is 0 Å². The van der Waals surface area contributed by atoms with Crippen LogP contribution in [0.5, 0.6) is 0 Å². The third-order valence-corrected chi connectivity index (χ3v) is 10.3. The molecule has 0 N–H and O–H groups in total. The van der Waals surface area contributed by atoms with Crippen LogP contribution in [0.15, 0.2) is 61.2 Å². The summed E-state index contributed by atoms with van der Waals surface area (Å²) in [4.78, 5) is 46.3. The first-order valence-electron chi connectivity index (χ1n) is 20.5. The monoisotopic (exact) mass is 701 g/mol. The summed E-state index contributed by atoms with van der Waals surface area (Å²) in [5, 5.41) is 0. The Kier molecular flexibility index (Phi) is 20.4. The molecule has 0 heterocycles. The van der Waals surface area contributed by atoms with Crippen molar-refractivity contribution in [3.63, 3.8) is 0 Å². The van der Waals surface area contributed by atoms with Crippen LogP contribution < -0.4 is 21.7 Å². The first kappa shape index (κ1) is 45.9. The molecule has 0 bridgehead atoms. The lowest BCUT2D eigenvalue weighted by atomic mass is 9.77. The molecule has 3 aliphatic carbocycles. The van der Waals surface area contributed by atoms with E-state index in [4.69, 9.17) is 0 Å². The molecule has 4 unspecified atom stereocenters. The van der Waals surface area contributed by atoms with Crippen LogP contribution in [0, 0.1) is 43.4 Å². The van der Waals surface area contributed by atoms with Crippen LogP contribution in [-0.2, 0) is 25.7 Å². The van der Waals surface area contributed by atoms with Crippen molar-refractivity contribution in [1.29, 1.82) is 0 Å². The Morgan fingerprint density at radius 3 is 1.75 bits per heavy atom. The highest BCUT2D eigenvalue weighted by atomic mass is 16.2. The molecule has 1 saturated carbocycles. The number of fused-ring (bicyclic) bond motifs is 2. The summed E-state index contributed by atoms with van der Waals surface area (Å²) in [6.45, 7) is 28.6. The molecule has 4 atom stereocenters. The highest BCUT2D eigenvalue weighted by molar-refractivity contribution is 5.40. The van der Waals surface area contributed by atoms with Gasteiger partial charge in [-0.1, -0.05) is 125 Å². The van der Waals surface area contributed by atoms with Crippen molar-refractivity contribution in [3.8, 4) is 0 Å². The normalized spacial score (nSPS) is 19.8. The van der Waals surface area contributed by atoms with E-state index >= 15 is 0 Å². The van der Waals surface area contributed by atoms with Crippen molar-refractivity contribution >= 4 is 0 Å². The van der Waals surface area contributed by atoms with E-state index in [0.717, 1.165) is 49.7 Å². The summed E-state index contributed by atoms with van der Waals surface area (Å²) in [5.74, 6) is 3.45. The highest BCUT2D eigenvalue weighted by Crippen LogP contribution is 2.44. The molecule has 4 nitrogen and oxygen atoms in total. The van der Waals surface area contributed by atoms with Gasteiger partial charge in [-0.15, -0.1) is 0 Å². The molecule has 0 aromatic heterocycles. The van der Waals surface area contributed by atoms with E-state index in [2.05, 4.69) is 64.1 Å². The van der Waals surface area contributed by atoms with Gasteiger partial charge in [0.1, 0.15) is 0 Å².